The molecule has 1 heterocycles. The molecular formula is C19H17FN2O4. The molecule has 7 heteroatoms. The second kappa shape index (κ2) is 7.77. The van der Waals surface area contributed by atoms with Crippen LogP contribution in [0.25, 0.3) is 11.1 Å². The zero-order chi connectivity index (χ0) is 18.5. The van der Waals surface area contributed by atoms with Crippen molar-refractivity contribution in [2.24, 2.45) is 0 Å². The van der Waals surface area contributed by atoms with E-state index in [2.05, 4.69) is 10.3 Å². The molecule has 0 unspecified atom stereocenters. The molecule has 0 radical (unpaired) electrons. The third kappa shape index (κ3) is 4.44. The Morgan fingerprint density at radius 1 is 1.19 bits per heavy atom. The van der Waals surface area contributed by atoms with Gasteiger partial charge in [0.05, 0.1) is 6.42 Å². The molecule has 0 spiro atoms. The van der Waals surface area contributed by atoms with Crippen molar-refractivity contribution < 1.29 is 23.1 Å². The summed E-state index contributed by atoms with van der Waals surface area (Å²) in [5.41, 5.74) is 1.80. The molecule has 26 heavy (non-hydrogen) atoms. The minimum absolute atomic E-state index is 0.0426. The molecule has 0 saturated heterocycles. The lowest BCUT2D eigenvalue weighted by Crippen LogP contribution is -2.30. The summed E-state index contributed by atoms with van der Waals surface area (Å²) in [6.07, 6.45) is -0.656. The van der Waals surface area contributed by atoms with Crippen LogP contribution in [0.3, 0.4) is 0 Å². The van der Waals surface area contributed by atoms with Gasteiger partial charge in [0, 0.05) is 12.1 Å². The number of ether oxygens (including phenoxy) is 1. The maximum atomic E-state index is 12.9. The topological polar surface area (TPSA) is 81.4 Å². The largest absolute Gasteiger partial charge is 0.453 e. The van der Waals surface area contributed by atoms with Gasteiger partial charge >= 0.3 is 5.97 Å². The molecular weight excluding hydrogens is 339 g/mol. The summed E-state index contributed by atoms with van der Waals surface area (Å²) in [5.74, 6) is -0.992. The molecule has 134 valence electrons. The molecule has 1 atom stereocenters. The first-order valence-corrected chi connectivity index (χ1v) is 8.11. The van der Waals surface area contributed by atoms with Crippen molar-refractivity contribution in [2.45, 2.75) is 25.9 Å². The number of para-hydroxylation sites is 2. The van der Waals surface area contributed by atoms with Crippen LogP contribution in [0.2, 0.25) is 0 Å². The summed E-state index contributed by atoms with van der Waals surface area (Å²) in [4.78, 5) is 28.2. The summed E-state index contributed by atoms with van der Waals surface area (Å²) < 4.78 is 23.5. The first-order valence-electron chi connectivity index (χ1n) is 8.11. The van der Waals surface area contributed by atoms with Gasteiger partial charge in [-0.15, -0.1) is 0 Å². The number of esters is 1. The normalized spacial score (nSPS) is 11.9. The Labute approximate surface area is 149 Å². The van der Waals surface area contributed by atoms with Crippen LogP contribution in [0.1, 0.15) is 19.2 Å². The Morgan fingerprint density at radius 3 is 2.65 bits per heavy atom. The molecule has 3 rings (SSSR count). The maximum Gasteiger partial charge on any atom is 0.307 e. The van der Waals surface area contributed by atoms with Crippen LogP contribution in [0.15, 0.2) is 52.9 Å². The monoisotopic (exact) mass is 356 g/mol. The molecule has 6 nitrogen and oxygen atoms in total. The van der Waals surface area contributed by atoms with E-state index in [1.54, 1.807) is 6.07 Å². The van der Waals surface area contributed by atoms with Crippen molar-refractivity contribution in [2.75, 3.05) is 5.32 Å². The average molecular weight is 356 g/mol. The summed E-state index contributed by atoms with van der Waals surface area (Å²) in [6.45, 7) is 1.47. The van der Waals surface area contributed by atoms with Gasteiger partial charge in [0.2, 0.25) is 0 Å². The van der Waals surface area contributed by atoms with Gasteiger partial charge < -0.3 is 14.5 Å². The number of nitrogens with zero attached hydrogens (tertiary/aromatic N) is 1. The molecule has 0 bridgehead atoms. The molecule has 1 aromatic heterocycles. The predicted octanol–water partition coefficient (Wildman–Crippen LogP) is 3.47. The Bertz CT molecular complexity index is 888. The lowest BCUT2D eigenvalue weighted by molar-refractivity contribution is -0.153. The van der Waals surface area contributed by atoms with Gasteiger partial charge in [0.25, 0.3) is 5.91 Å². The Kier molecular flexibility index (Phi) is 5.26. The number of hydrogen-bond acceptors (Lipinski definition) is 5. The summed E-state index contributed by atoms with van der Waals surface area (Å²) in [7, 11) is 0. The van der Waals surface area contributed by atoms with Crippen LogP contribution in [0, 0.1) is 5.82 Å². The minimum Gasteiger partial charge on any atom is -0.453 e. The maximum absolute atomic E-state index is 12.9. The fraction of sp³-hybridized carbons (Fsp3) is 0.211. The quantitative estimate of drug-likeness (QED) is 0.684. The molecule has 0 aliphatic rings. The van der Waals surface area contributed by atoms with Gasteiger partial charge in [-0.05, 0) is 43.3 Å². The zero-order valence-corrected chi connectivity index (χ0v) is 14.1. The molecule has 0 aliphatic carbocycles. The van der Waals surface area contributed by atoms with E-state index in [1.165, 1.54) is 31.2 Å². The van der Waals surface area contributed by atoms with Crippen molar-refractivity contribution in [1.82, 2.24) is 4.98 Å². The van der Waals surface area contributed by atoms with Crippen molar-refractivity contribution in [3.05, 3.63) is 60.2 Å². The molecule has 0 saturated carbocycles. The number of nitrogens with one attached hydrogen (secondary N) is 1. The minimum atomic E-state index is -0.976. The van der Waals surface area contributed by atoms with Gasteiger partial charge in [-0.3, -0.25) is 9.59 Å². The van der Waals surface area contributed by atoms with Crippen molar-refractivity contribution in [1.29, 1.82) is 0 Å². The van der Waals surface area contributed by atoms with E-state index in [-0.39, 0.29) is 12.8 Å². The van der Waals surface area contributed by atoms with Crippen LogP contribution in [-0.2, 0) is 20.7 Å². The second-order valence-corrected chi connectivity index (χ2v) is 5.70. The SMILES string of the molecule is C[C@@H](OC(=O)CCc1nc2ccccc2o1)C(=O)Nc1ccc(F)cc1. The lowest BCUT2D eigenvalue weighted by atomic mass is 10.3. The van der Waals surface area contributed by atoms with E-state index in [9.17, 15) is 14.0 Å². The highest BCUT2D eigenvalue weighted by atomic mass is 19.1. The fourth-order valence-corrected chi connectivity index (χ4v) is 2.32. The third-order valence-electron chi connectivity index (χ3n) is 3.67. The van der Waals surface area contributed by atoms with Crippen molar-refractivity contribution in [3.8, 4) is 0 Å². The predicted molar refractivity (Wildman–Crippen MR) is 92.9 cm³/mol. The molecule has 3 aromatic rings. The lowest BCUT2D eigenvalue weighted by Gasteiger charge is -2.13. The van der Waals surface area contributed by atoms with Gasteiger partial charge in [0.1, 0.15) is 11.3 Å². The summed E-state index contributed by atoms with van der Waals surface area (Å²) in [5, 5.41) is 2.55. The van der Waals surface area contributed by atoms with E-state index in [0.717, 1.165) is 5.52 Å². The van der Waals surface area contributed by atoms with E-state index in [4.69, 9.17) is 9.15 Å². The van der Waals surface area contributed by atoms with Gasteiger partial charge in [0.15, 0.2) is 17.6 Å². The van der Waals surface area contributed by atoms with E-state index < -0.39 is 23.8 Å². The summed E-state index contributed by atoms with van der Waals surface area (Å²) >= 11 is 0. The smallest absolute Gasteiger partial charge is 0.307 e. The number of hydrogen-bond donors (Lipinski definition) is 1. The fourth-order valence-electron chi connectivity index (χ4n) is 2.32. The van der Waals surface area contributed by atoms with Crippen LogP contribution in [0.5, 0.6) is 0 Å². The van der Waals surface area contributed by atoms with Gasteiger partial charge in [-0.2, -0.15) is 0 Å². The zero-order valence-electron chi connectivity index (χ0n) is 14.1. The molecule has 0 fully saturated rings. The third-order valence-corrected chi connectivity index (χ3v) is 3.67. The summed E-state index contributed by atoms with van der Waals surface area (Å²) in [6, 6.07) is 12.6. The number of rotatable bonds is 6. The standard InChI is InChI=1S/C19H17FN2O4/c1-12(19(24)21-14-8-6-13(20)7-9-14)25-18(23)11-10-17-22-15-4-2-3-5-16(15)26-17/h2-9,12H,10-11H2,1H3,(H,21,24)/t12-/m1/s1. The Balaban J connectivity index is 1.48. The number of anilines is 1. The number of aryl methyl sites for hydroxylation is 1. The molecule has 1 amide bonds. The number of carbonyl (C=O) groups is 2. The highest BCUT2D eigenvalue weighted by molar-refractivity contribution is 5.95. The first-order chi connectivity index (χ1) is 12.5. The van der Waals surface area contributed by atoms with Crippen molar-refractivity contribution >= 4 is 28.7 Å². The highest BCUT2D eigenvalue weighted by Gasteiger charge is 2.18. The number of oxazole rings is 1. The number of fused-ring (bicyclic) bond motifs is 1. The van der Waals surface area contributed by atoms with Crippen LogP contribution >= 0.6 is 0 Å². The molecule has 2 aromatic carbocycles. The molecule has 1 N–H and O–H groups in total. The second-order valence-electron chi connectivity index (χ2n) is 5.70. The number of benzene rings is 2. The molecule has 0 aliphatic heterocycles. The Morgan fingerprint density at radius 2 is 1.92 bits per heavy atom. The van der Waals surface area contributed by atoms with E-state index in [1.807, 2.05) is 18.2 Å². The van der Waals surface area contributed by atoms with Crippen LogP contribution in [0.4, 0.5) is 10.1 Å². The average Bonchev–Trinajstić information content (AvgIpc) is 3.05. The number of halogens is 1. The van der Waals surface area contributed by atoms with Crippen molar-refractivity contribution in [3.63, 3.8) is 0 Å². The van der Waals surface area contributed by atoms with Crippen LogP contribution < -0.4 is 5.32 Å². The van der Waals surface area contributed by atoms with E-state index in [0.29, 0.717) is 17.2 Å². The number of amides is 1. The first kappa shape index (κ1) is 17.6. The Hall–Kier alpha value is -3.22. The highest BCUT2D eigenvalue weighted by Crippen LogP contribution is 2.16. The van der Waals surface area contributed by atoms with E-state index >= 15 is 0 Å². The van der Waals surface area contributed by atoms with Gasteiger partial charge in [-0.1, -0.05) is 12.1 Å². The van der Waals surface area contributed by atoms with Crippen LogP contribution in [-0.4, -0.2) is 23.0 Å². The number of aromatic nitrogens is 1. The number of carbonyl (C=O) groups excluding carboxylic acids is 2. The van der Waals surface area contributed by atoms with Gasteiger partial charge in [-0.25, -0.2) is 9.37 Å².